The fourth-order valence-electron chi connectivity index (χ4n) is 0.870. The molecule has 0 fully saturated rings. The number of nitrogens with zero attached hydrogens (tertiary/aromatic N) is 2. The van der Waals surface area contributed by atoms with E-state index in [1.54, 1.807) is 6.07 Å². The highest BCUT2D eigenvalue weighted by molar-refractivity contribution is 6.30. The molecule has 4 heteroatoms. The summed E-state index contributed by atoms with van der Waals surface area (Å²) in [4.78, 5) is 10.3. The Morgan fingerprint density at radius 1 is 1.50 bits per heavy atom. The molecule has 0 aliphatic heterocycles. The normalized spacial score (nSPS) is 10.3. The molecule has 0 saturated carbocycles. The molecule has 1 aromatic rings. The Hall–Kier alpha value is -0.960. The first-order valence-electron chi connectivity index (χ1n) is 3.63. The van der Waals surface area contributed by atoms with Crippen molar-refractivity contribution in [1.29, 1.82) is 0 Å². The molecule has 0 radical (unpaired) electrons. The van der Waals surface area contributed by atoms with E-state index in [1.165, 1.54) is 0 Å². The summed E-state index contributed by atoms with van der Waals surface area (Å²) in [6.45, 7) is 3.97. The van der Waals surface area contributed by atoms with Crippen molar-refractivity contribution in [3.05, 3.63) is 22.5 Å². The molecule has 64 valence electrons. The molecule has 1 heterocycles. The first kappa shape index (κ1) is 9.13. The minimum absolute atomic E-state index is 0.256. The van der Waals surface area contributed by atoms with E-state index in [-0.39, 0.29) is 5.92 Å². The summed E-state index contributed by atoms with van der Waals surface area (Å²) in [5.41, 5.74) is 1.18. The van der Waals surface area contributed by atoms with Gasteiger partial charge in [-0.15, -0.1) is 10.2 Å². The molecular weight excluding hydrogens is 176 g/mol. The average Bonchev–Trinajstić information content (AvgIpc) is 2.05. The second-order valence-electron chi connectivity index (χ2n) is 2.79. The lowest BCUT2D eigenvalue weighted by atomic mass is 10.1. The Kier molecular flexibility index (Phi) is 2.76. The van der Waals surface area contributed by atoms with E-state index in [0.717, 1.165) is 5.56 Å². The Morgan fingerprint density at radius 3 is 2.67 bits per heavy atom. The second kappa shape index (κ2) is 3.63. The Bertz CT molecular complexity index is 299. The van der Waals surface area contributed by atoms with E-state index < -0.39 is 0 Å². The average molecular weight is 185 g/mol. The van der Waals surface area contributed by atoms with Gasteiger partial charge in [0, 0.05) is 0 Å². The molecule has 0 spiro atoms. The van der Waals surface area contributed by atoms with Crippen molar-refractivity contribution in [3.8, 4) is 0 Å². The predicted octanol–water partition coefficient (Wildman–Crippen LogP) is 2.07. The maximum atomic E-state index is 10.3. The van der Waals surface area contributed by atoms with Gasteiger partial charge >= 0.3 is 0 Å². The van der Waals surface area contributed by atoms with Crippen molar-refractivity contribution in [2.24, 2.45) is 0 Å². The van der Waals surface area contributed by atoms with E-state index in [1.807, 2.05) is 13.8 Å². The van der Waals surface area contributed by atoms with E-state index in [9.17, 15) is 4.79 Å². The highest BCUT2D eigenvalue weighted by Crippen LogP contribution is 2.21. The van der Waals surface area contributed by atoms with Crippen LogP contribution in [-0.2, 0) is 0 Å². The van der Waals surface area contributed by atoms with E-state index in [4.69, 9.17) is 11.6 Å². The number of rotatable bonds is 2. The van der Waals surface area contributed by atoms with Gasteiger partial charge in [-0.3, -0.25) is 4.79 Å². The van der Waals surface area contributed by atoms with Crippen molar-refractivity contribution in [2.45, 2.75) is 19.8 Å². The van der Waals surface area contributed by atoms with Gasteiger partial charge in [0.05, 0.1) is 0 Å². The Balaban J connectivity index is 3.16. The minimum Gasteiger partial charge on any atom is -0.296 e. The van der Waals surface area contributed by atoms with E-state index in [2.05, 4.69) is 10.2 Å². The highest BCUT2D eigenvalue weighted by atomic mass is 35.5. The Morgan fingerprint density at radius 2 is 2.17 bits per heavy atom. The van der Waals surface area contributed by atoms with Crippen molar-refractivity contribution < 1.29 is 4.79 Å². The summed E-state index contributed by atoms with van der Waals surface area (Å²) in [6.07, 6.45) is 0.662. The van der Waals surface area contributed by atoms with Gasteiger partial charge in [0.15, 0.2) is 11.4 Å². The van der Waals surface area contributed by atoms with Crippen LogP contribution >= 0.6 is 11.6 Å². The second-order valence-corrected chi connectivity index (χ2v) is 3.15. The lowest BCUT2D eigenvalue weighted by molar-refractivity contribution is 0.111. The van der Waals surface area contributed by atoms with Crippen LogP contribution in [0.5, 0.6) is 0 Å². The first-order valence-corrected chi connectivity index (χ1v) is 4.01. The summed E-state index contributed by atoms with van der Waals surface area (Å²) in [7, 11) is 0. The van der Waals surface area contributed by atoms with Crippen LogP contribution in [0.1, 0.15) is 35.8 Å². The summed E-state index contributed by atoms with van der Waals surface area (Å²) in [5.74, 6) is 0.256. The van der Waals surface area contributed by atoms with E-state index >= 15 is 0 Å². The molecule has 1 rings (SSSR count). The predicted molar refractivity (Wildman–Crippen MR) is 46.5 cm³/mol. The third-order valence-corrected chi connectivity index (χ3v) is 1.83. The van der Waals surface area contributed by atoms with Crippen molar-refractivity contribution in [3.63, 3.8) is 0 Å². The topological polar surface area (TPSA) is 42.9 Å². The van der Waals surface area contributed by atoms with E-state index in [0.29, 0.717) is 17.1 Å². The van der Waals surface area contributed by atoms with Crippen molar-refractivity contribution in [2.75, 3.05) is 0 Å². The molecule has 0 amide bonds. The summed E-state index contributed by atoms with van der Waals surface area (Å²) >= 11 is 5.76. The molecule has 0 unspecified atom stereocenters. The molecular formula is C8H9ClN2O. The smallest absolute Gasteiger partial charge is 0.170 e. The lowest BCUT2D eigenvalue weighted by Crippen LogP contribution is -1.98. The van der Waals surface area contributed by atoms with Crippen LogP contribution in [0.2, 0.25) is 5.15 Å². The largest absolute Gasteiger partial charge is 0.296 e. The standard InChI is InChI=1S/C8H9ClN2O/c1-5(2)7-3-6(4-12)10-11-8(7)9/h3-5H,1-2H3. The Labute approximate surface area is 75.8 Å². The fraction of sp³-hybridized carbons (Fsp3) is 0.375. The molecule has 1 aromatic heterocycles. The zero-order valence-corrected chi connectivity index (χ0v) is 7.67. The quantitative estimate of drug-likeness (QED) is 0.661. The van der Waals surface area contributed by atoms with Crippen molar-refractivity contribution in [1.82, 2.24) is 10.2 Å². The first-order chi connectivity index (χ1) is 5.65. The molecule has 0 bridgehead atoms. The van der Waals surface area contributed by atoms with Crippen molar-refractivity contribution >= 4 is 17.9 Å². The van der Waals surface area contributed by atoms with Crippen LogP contribution in [0.4, 0.5) is 0 Å². The number of hydrogen-bond acceptors (Lipinski definition) is 3. The molecule has 0 N–H and O–H groups in total. The number of hydrogen-bond donors (Lipinski definition) is 0. The van der Waals surface area contributed by atoms with Crippen LogP contribution < -0.4 is 0 Å². The van der Waals surface area contributed by atoms with Crippen LogP contribution in [0, 0.1) is 0 Å². The zero-order valence-electron chi connectivity index (χ0n) is 6.91. The van der Waals surface area contributed by atoms with Crippen LogP contribution in [-0.4, -0.2) is 16.5 Å². The summed E-state index contributed by atoms with van der Waals surface area (Å²) in [6, 6.07) is 1.66. The number of carbonyl (C=O) groups excluding carboxylic acids is 1. The number of carbonyl (C=O) groups is 1. The van der Waals surface area contributed by atoms with Gasteiger partial charge < -0.3 is 0 Å². The number of halogens is 1. The van der Waals surface area contributed by atoms with Crippen LogP contribution in [0.15, 0.2) is 6.07 Å². The molecule has 0 aliphatic rings. The van der Waals surface area contributed by atoms with Gasteiger partial charge in [0.2, 0.25) is 0 Å². The summed E-state index contributed by atoms with van der Waals surface area (Å²) in [5, 5.41) is 7.62. The maximum absolute atomic E-state index is 10.3. The molecule has 0 saturated heterocycles. The monoisotopic (exact) mass is 184 g/mol. The molecule has 12 heavy (non-hydrogen) atoms. The van der Waals surface area contributed by atoms with Gasteiger partial charge in [-0.1, -0.05) is 25.4 Å². The third-order valence-electron chi connectivity index (χ3n) is 1.54. The van der Waals surface area contributed by atoms with Crippen LogP contribution in [0.3, 0.4) is 0 Å². The molecule has 0 aromatic carbocycles. The SMILES string of the molecule is CC(C)c1cc(C=O)nnc1Cl. The molecule has 0 atom stereocenters. The van der Waals surface area contributed by atoms with Gasteiger partial charge in [-0.05, 0) is 17.5 Å². The molecule has 0 aliphatic carbocycles. The van der Waals surface area contributed by atoms with Gasteiger partial charge in [0.25, 0.3) is 0 Å². The third kappa shape index (κ3) is 1.80. The van der Waals surface area contributed by atoms with Gasteiger partial charge in [0.1, 0.15) is 5.69 Å². The zero-order chi connectivity index (χ0) is 9.14. The highest BCUT2D eigenvalue weighted by Gasteiger charge is 2.07. The van der Waals surface area contributed by atoms with Crippen LogP contribution in [0.25, 0.3) is 0 Å². The minimum atomic E-state index is 0.256. The fourth-order valence-corrected chi connectivity index (χ4v) is 1.18. The van der Waals surface area contributed by atoms with Gasteiger partial charge in [-0.25, -0.2) is 0 Å². The van der Waals surface area contributed by atoms with Gasteiger partial charge in [-0.2, -0.15) is 0 Å². The summed E-state index contributed by atoms with van der Waals surface area (Å²) < 4.78 is 0. The number of aromatic nitrogens is 2. The maximum Gasteiger partial charge on any atom is 0.170 e. The number of aldehydes is 1. The molecule has 3 nitrogen and oxygen atoms in total. The lowest BCUT2D eigenvalue weighted by Gasteiger charge is -2.05.